The minimum atomic E-state index is -0.353. The van der Waals surface area contributed by atoms with Crippen molar-refractivity contribution in [2.45, 2.75) is 37.6 Å². The highest BCUT2D eigenvalue weighted by molar-refractivity contribution is 5.93. The summed E-state index contributed by atoms with van der Waals surface area (Å²) in [6.07, 6.45) is 13.3. The molecule has 5 heteroatoms. The number of carbonyl (C=O) groups excluding carboxylic acids is 1. The maximum atomic E-state index is 11.9. The second-order valence-corrected chi connectivity index (χ2v) is 7.80. The fourth-order valence-electron chi connectivity index (χ4n) is 4.15. The second kappa shape index (κ2) is 6.59. The van der Waals surface area contributed by atoms with Crippen LogP contribution in [0.3, 0.4) is 0 Å². The Bertz CT molecular complexity index is 1060. The molecule has 3 aliphatic carbocycles. The van der Waals surface area contributed by atoms with Crippen molar-refractivity contribution in [2.24, 2.45) is 0 Å². The molecular weight excluding hydrogens is 350 g/mol. The lowest BCUT2D eigenvalue weighted by Crippen LogP contribution is -2.23. The summed E-state index contributed by atoms with van der Waals surface area (Å²) in [4.78, 5) is 24.2. The van der Waals surface area contributed by atoms with Crippen molar-refractivity contribution in [3.05, 3.63) is 64.9 Å². The molecule has 1 fully saturated rings. The third-order valence-electron chi connectivity index (χ3n) is 5.90. The third kappa shape index (κ3) is 2.91. The summed E-state index contributed by atoms with van der Waals surface area (Å²) in [6.45, 7) is 0. The van der Waals surface area contributed by atoms with Gasteiger partial charge in [0.25, 0.3) is 0 Å². The van der Waals surface area contributed by atoms with Crippen molar-refractivity contribution >= 4 is 22.8 Å². The number of methoxy groups -OCH3 is 1. The zero-order valence-corrected chi connectivity index (χ0v) is 16.2. The summed E-state index contributed by atoms with van der Waals surface area (Å²) >= 11 is 0. The molecule has 0 amide bonds. The van der Waals surface area contributed by atoms with Gasteiger partial charge in [-0.2, -0.15) is 0 Å². The molecule has 1 aromatic heterocycles. The molecule has 0 radical (unpaired) electrons. The number of carbonyl (C=O) groups is 1. The molecule has 1 heterocycles. The van der Waals surface area contributed by atoms with Crippen LogP contribution < -0.4 is 4.90 Å². The SMILES string of the molecule is COC(=O)c1ccc2nc(C3C=C4CC=CC=C4C3)c(N(C)C3CC3)nc2c1. The van der Waals surface area contributed by atoms with Gasteiger partial charge in [0.2, 0.25) is 0 Å². The van der Waals surface area contributed by atoms with Gasteiger partial charge in [-0.05, 0) is 55.0 Å². The number of rotatable bonds is 4. The minimum Gasteiger partial charge on any atom is -0.465 e. The first kappa shape index (κ1) is 17.2. The molecule has 1 atom stereocenters. The van der Waals surface area contributed by atoms with Gasteiger partial charge >= 0.3 is 5.97 Å². The quantitative estimate of drug-likeness (QED) is 0.747. The summed E-state index contributed by atoms with van der Waals surface area (Å²) in [6, 6.07) is 5.94. The molecule has 1 saturated carbocycles. The van der Waals surface area contributed by atoms with Gasteiger partial charge in [0.15, 0.2) is 5.82 Å². The second-order valence-electron chi connectivity index (χ2n) is 7.80. The average molecular weight is 373 g/mol. The molecule has 142 valence electrons. The summed E-state index contributed by atoms with van der Waals surface area (Å²) in [7, 11) is 3.50. The number of fused-ring (bicyclic) bond motifs is 2. The number of anilines is 1. The largest absolute Gasteiger partial charge is 0.465 e. The van der Waals surface area contributed by atoms with Crippen LogP contribution in [0.1, 0.15) is 47.7 Å². The normalized spacial score (nSPS) is 20.6. The van der Waals surface area contributed by atoms with E-state index in [1.165, 1.54) is 31.1 Å². The summed E-state index contributed by atoms with van der Waals surface area (Å²) < 4.78 is 4.85. The molecular formula is C23H23N3O2. The first-order valence-corrected chi connectivity index (χ1v) is 9.83. The van der Waals surface area contributed by atoms with Crippen LogP contribution in [0.2, 0.25) is 0 Å². The van der Waals surface area contributed by atoms with Gasteiger partial charge in [0.1, 0.15) is 0 Å². The standard InChI is InChI=1S/C23H23N3O2/c1-26(18-8-9-18)22-21(17-11-14-5-3-4-6-15(14)12-17)24-19-10-7-16(23(27)28-2)13-20(19)25-22/h3-5,7,10,12-13,17-18H,6,8-9,11H2,1-2H3. The summed E-state index contributed by atoms with van der Waals surface area (Å²) in [5.41, 5.74) is 5.91. The van der Waals surface area contributed by atoms with Crippen molar-refractivity contribution in [2.75, 3.05) is 19.1 Å². The van der Waals surface area contributed by atoms with Gasteiger partial charge in [0.05, 0.1) is 29.4 Å². The van der Waals surface area contributed by atoms with E-state index in [1.54, 1.807) is 12.1 Å². The molecule has 0 saturated heterocycles. The number of allylic oxidation sites excluding steroid dienone is 6. The number of nitrogens with zero attached hydrogens (tertiary/aromatic N) is 3. The lowest BCUT2D eigenvalue weighted by molar-refractivity contribution is 0.0601. The van der Waals surface area contributed by atoms with Crippen molar-refractivity contribution < 1.29 is 9.53 Å². The predicted molar refractivity (Wildman–Crippen MR) is 110 cm³/mol. The van der Waals surface area contributed by atoms with Gasteiger partial charge in [-0.1, -0.05) is 24.3 Å². The molecule has 28 heavy (non-hydrogen) atoms. The van der Waals surface area contributed by atoms with Crippen molar-refractivity contribution in [3.63, 3.8) is 0 Å². The molecule has 5 nitrogen and oxygen atoms in total. The Morgan fingerprint density at radius 1 is 1.18 bits per heavy atom. The summed E-state index contributed by atoms with van der Waals surface area (Å²) in [5.74, 6) is 0.828. The third-order valence-corrected chi connectivity index (χ3v) is 5.90. The van der Waals surface area contributed by atoms with Gasteiger partial charge in [-0.25, -0.2) is 14.8 Å². The van der Waals surface area contributed by atoms with Gasteiger partial charge in [-0.3, -0.25) is 0 Å². The van der Waals surface area contributed by atoms with Crippen LogP contribution in [0.15, 0.2) is 53.6 Å². The highest BCUT2D eigenvalue weighted by Crippen LogP contribution is 2.43. The van der Waals surface area contributed by atoms with Crippen molar-refractivity contribution in [1.29, 1.82) is 0 Å². The Morgan fingerprint density at radius 2 is 2.04 bits per heavy atom. The Hall–Kier alpha value is -2.95. The van der Waals surface area contributed by atoms with E-state index in [0.717, 1.165) is 35.4 Å². The topological polar surface area (TPSA) is 55.3 Å². The van der Waals surface area contributed by atoms with E-state index in [4.69, 9.17) is 14.7 Å². The van der Waals surface area contributed by atoms with E-state index >= 15 is 0 Å². The van der Waals surface area contributed by atoms with Crippen LogP contribution in [0.4, 0.5) is 5.82 Å². The summed E-state index contributed by atoms with van der Waals surface area (Å²) in [5, 5.41) is 0. The Labute approximate surface area is 164 Å². The lowest BCUT2D eigenvalue weighted by atomic mass is 9.99. The van der Waals surface area contributed by atoms with E-state index in [1.807, 2.05) is 6.07 Å². The number of benzene rings is 1. The van der Waals surface area contributed by atoms with Crippen LogP contribution in [0.25, 0.3) is 11.0 Å². The molecule has 0 bridgehead atoms. The maximum absolute atomic E-state index is 11.9. The van der Waals surface area contributed by atoms with Crippen LogP contribution in [0, 0.1) is 0 Å². The van der Waals surface area contributed by atoms with Crippen molar-refractivity contribution in [3.8, 4) is 0 Å². The molecule has 1 aromatic carbocycles. The molecule has 2 aromatic rings. The minimum absolute atomic E-state index is 0.245. The van der Waals surface area contributed by atoms with Gasteiger partial charge < -0.3 is 9.64 Å². The Kier molecular flexibility index (Phi) is 4.04. The van der Waals surface area contributed by atoms with Crippen LogP contribution in [0.5, 0.6) is 0 Å². The molecule has 0 aliphatic heterocycles. The monoisotopic (exact) mass is 373 g/mol. The van der Waals surface area contributed by atoms with E-state index < -0.39 is 0 Å². The van der Waals surface area contributed by atoms with E-state index in [0.29, 0.717) is 11.6 Å². The highest BCUT2D eigenvalue weighted by atomic mass is 16.5. The number of hydrogen-bond donors (Lipinski definition) is 0. The van der Waals surface area contributed by atoms with Crippen molar-refractivity contribution in [1.82, 2.24) is 9.97 Å². The lowest BCUT2D eigenvalue weighted by Gasteiger charge is -2.23. The van der Waals surface area contributed by atoms with E-state index in [2.05, 4.69) is 36.3 Å². The molecule has 3 aliphatic rings. The fraction of sp³-hybridized carbons (Fsp3) is 0.348. The van der Waals surface area contributed by atoms with Gasteiger partial charge in [0, 0.05) is 19.0 Å². The first-order chi connectivity index (χ1) is 13.6. The van der Waals surface area contributed by atoms with Crippen LogP contribution in [-0.4, -0.2) is 36.1 Å². The zero-order chi connectivity index (χ0) is 19.3. The number of hydrogen-bond acceptors (Lipinski definition) is 5. The smallest absolute Gasteiger partial charge is 0.337 e. The number of ether oxygens (including phenoxy) is 1. The fourth-order valence-corrected chi connectivity index (χ4v) is 4.15. The Balaban J connectivity index is 1.62. The molecule has 0 N–H and O–H groups in total. The predicted octanol–water partition coefficient (Wildman–Crippen LogP) is 4.32. The maximum Gasteiger partial charge on any atom is 0.337 e. The number of aromatic nitrogens is 2. The van der Waals surface area contributed by atoms with Crippen LogP contribution in [-0.2, 0) is 4.74 Å². The van der Waals surface area contributed by atoms with E-state index in [9.17, 15) is 4.79 Å². The average Bonchev–Trinajstić information content (AvgIpc) is 3.49. The molecule has 5 rings (SSSR count). The Morgan fingerprint density at radius 3 is 2.79 bits per heavy atom. The molecule has 1 unspecified atom stereocenters. The zero-order valence-electron chi connectivity index (χ0n) is 16.2. The highest BCUT2D eigenvalue weighted by Gasteiger charge is 2.33. The van der Waals surface area contributed by atoms with Crippen LogP contribution >= 0.6 is 0 Å². The molecule has 0 spiro atoms. The van der Waals surface area contributed by atoms with E-state index in [-0.39, 0.29) is 11.9 Å². The number of esters is 1. The first-order valence-electron chi connectivity index (χ1n) is 9.83. The van der Waals surface area contributed by atoms with Gasteiger partial charge in [-0.15, -0.1) is 0 Å².